The fraction of sp³-hybridized carbons (Fsp3) is 0.696. The largest absolute Gasteiger partial charge is 0.504 e. The van der Waals surface area contributed by atoms with E-state index in [2.05, 4.69) is 5.32 Å². The van der Waals surface area contributed by atoms with Crippen LogP contribution < -0.4 is 10.1 Å². The number of Topliss-reactive ketones (excluding diaryl/α,β-unsaturated/α-hetero) is 1. The summed E-state index contributed by atoms with van der Waals surface area (Å²) in [4.78, 5) is 13.7. The van der Waals surface area contributed by atoms with Crippen molar-refractivity contribution in [1.29, 1.82) is 0 Å². The Morgan fingerprint density at radius 1 is 1.31 bits per heavy atom. The van der Waals surface area contributed by atoms with Crippen molar-refractivity contribution in [2.24, 2.45) is 11.8 Å². The molecule has 6 heteroatoms. The summed E-state index contributed by atoms with van der Waals surface area (Å²) >= 11 is 0. The highest BCUT2D eigenvalue weighted by molar-refractivity contribution is 5.92. The third-order valence-electron chi connectivity index (χ3n) is 8.19. The van der Waals surface area contributed by atoms with Crippen LogP contribution in [0.2, 0.25) is 0 Å². The van der Waals surface area contributed by atoms with Crippen molar-refractivity contribution in [1.82, 2.24) is 5.32 Å². The minimum Gasteiger partial charge on any atom is -0.504 e. The van der Waals surface area contributed by atoms with Gasteiger partial charge in [0, 0.05) is 30.7 Å². The molecule has 29 heavy (non-hydrogen) atoms. The minimum absolute atomic E-state index is 0.0600. The minimum atomic E-state index is -0.582. The second-order valence-electron chi connectivity index (χ2n) is 9.68. The molecule has 1 unspecified atom stereocenters. The molecule has 0 aromatic heterocycles. The first-order chi connectivity index (χ1) is 14.1. The summed E-state index contributed by atoms with van der Waals surface area (Å²) in [6, 6.07) is 3.79. The molecule has 0 radical (unpaired) electrons. The van der Waals surface area contributed by atoms with E-state index in [1.165, 1.54) is 12.8 Å². The van der Waals surface area contributed by atoms with Gasteiger partial charge in [0.1, 0.15) is 0 Å². The Hall–Kier alpha value is -1.63. The Kier molecular flexibility index (Phi) is 3.88. The highest BCUT2D eigenvalue weighted by Gasteiger charge is 2.74. The van der Waals surface area contributed by atoms with Gasteiger partial charge in [0.15, 0.2) is 23.4 Å². The van der Waals surface area contributed by atoms with Gasteiger partial charge in [-0.15, -0.1) is 0 Å². The molecular formula is C23H29NO5. The summed E-state index contributed by atoms with van der Waals surface area (Å²) in [7, 11) is 0. The first-order valence-corrected chi connectivity index (χ1v) is 11.1. The third-order valence-corrected chi connectivity index (χ3v) is 8.19. The van der Waals surface area contributed by atoms with Crippen molar-refractivity contribution < 1.29 is 24.5 Å². The Morgan fingerprint density at radius 3 is 2.97 bits per heavy atom. The van der Waals surface area contributed by atoms with Gasteiger partial charge < -0.3 is 25.0 Å². The molecule has 3 aliphatic carbocycles. The van der Waals surface area contributed by atoms with Crippen LogP contribution in [-0.2, 0) is 21.4 Å². The summed E-state index contributed by atoms with van der Waals surface area (Å²) in [5.41, 5.74) is 1.09. The molecule has 2 aliphatic heterocycles. The van der Waals surface area contributed by atoms with Gasteiger partial charge in [0.05, 0.1) is 11.0 Å². The van der Waals surface area contributed by atoms with E-state index >= 15 is 0 Å². The number of hydrogen-bond acceptors (Lipinski definition) is 6. The van der Waals surface area contributed by atoms with Gasteiger partial charge in [-0.3, -0.25) is 4.79 Å². The highest BCUT2D eigenvalue weighted by atomic mass is 16.5. The number of phenolic OH excluding ortho intramolecular Hbond substituents is 1. The number of phenols is 1. The van der Waals surface area contributed by atoms with E-state index in [0.29, 0.717) is 31.1 Å². The SMILES string of the molecule is O=C1C(CC2CC2)C[C@@]2(OCCCO)[C@H]3Cc4ccc(O)c5c4[C@@]2(CCN3)[C@H]1O5. The topological polar surface area (TPSA) is 88.0 Å². The van der Waals surface area contributed by atoms with Crippen LogP contribution in [0.4, 0.5) is 0 Å². The number of carbonyl (C=O) groups is 1. The number of benzene rings is 1. The van der Waals surface area contributed by atoms with E-state index in [0.717, 1.165) is 36.9 Å². The first kappa shape index (κ1) is 18.2. The van der Waals surface area contributed by atoms with Crippen LogP contribution in [-0.4, -0.2) is 53.5 Å². The third kappa shape index (κ3) is 2.25. The first-order valence-electron chi connectivity index (χ1n) is 11.1. The second kappa shape index (κ2) is 6.19. The van der Waals surface area contributed by atoms with E-state index in [1.807, 2.05) is 6.07 Å². The number of aromatic hydroxyl groups is 1. The van der Waals surface area contributed by atoms with E-state index in [-0.39, 0.29) is 30.1 Å². The molecule has 0 amide bonds. The number of aliphatic hydroxyl groups excluding tert-OH is 1. The fourth-order valence-electron chi connectivity index (χ4n) is 6.89. The van der Waals surface area contributed by atoms with Crippen LogP contribution in [0.1, 0.15) is 49.7 Å². The van der Waals surface area contributed by atoms with Crippen LogP contribution in [0.15, 0.2) is 12.1 Å². The molecule has 1 aromatic carbocycles. The lowest BCUT2D eigenvalue weighted by Crippen LogP contribution is -2.78. The van der Waals surface area contributed by atoms with Crippen molar-refractivity contribution >= 4 is 5.78 Å². The maximum Gasteiger partial charge on any atom is 0.177 e. The standard InChI is InChI=1S/C23H29NO5/c25-8-1-9-28-23-12-15(10-13-2-3-13)19(27)21-22(23)6-7-24-17(23)11-14-4-5-16(26)20(29-21)18(14)22/h4-5,13,15,17,21,24-26H,1-3,6-12H2/t15?,17-,21+,22+,23-/m1/s1. The van der Waals surface area contributed by atoms with Gasteiger partial charge >= 0.3 is 0 Å². The van der Waals surface area contributed by atoms with Crippen LogP contribution in [0.25, 0.3) is 0 Å². The molecule has 1 aromatic rings. The summed E-state index contributed by atoms with van der Waals surface area (Å²) < 4.78 is 13.0. The average Bonchev–Trinajstić information content (AvgIpc) is 3.44. The summed E-state index contributed by atoms with van der Waals surface area (Å²) in [5, 5.41) is 23.6. The highest BCUT2D eigenvalue weighted by Crippen LogP contribution is 2.66. The zero-order valence-electron chi connectivity index (χ0n) is 16.7. The fourth-order valence-corrected chi connectivity index (χ4v) is 6.89. The molecule has 2 heterocycles. The van der Waals surface area contributed by atoms with Gasteiger partial charge in [-0.05, 0) is 56.2 Å². The normalized spacial score (nSPS) is 39.2. The summed E-state index contributed by atoms with van der Waals surface area (Å²) in [6.45, 7) is 1.37. The lowest BCUT2D eigenvalue weighted by Gasteiger charge is -2.63. The molecule has 5 aliphatic rings. The number of ether oxygens (including phenoxy) is 2. The van der Waals surface area contributed by atoms with Crippen LogP contribution in [0.3, 0.4) is 0 Å². The van der Waals surface area contributed by atoms with E-state index in [9.17, 15) is 15.0 Å². The van der Waals surface area contributed by atoms with E-state index < -0.39 is 17.1 Å². The predicted molar refractivity (Wildman–Crippen MR) is 105 cm³/mol. The molecule has 156 valence electrons. The predicted octanol–water partition coefficient (Wildman–Crippen LogP) is 1.84. The zero-order valence-corrected chi connectivity index (χ0v) is 16.7. The number of nitrogens with one attached hydrogen (secondary N) is 1. The molecule has 2 bridgehead atoms. The Morgan fingerprint density at radius 2 is 2.17 bits per heavy atom. The van der Waals surface area contributed by atoms with Gasteiger partial charge in [0.25, 0.3) is 0 Å². The Labute approximate surface area is 170 Å². The lowest BCUT2D eigenvalue weighted by atomic mass is 9.47. The van der Waals surface area contributed by atoms with Gasteiger partial charge in [0.2, 0.25) is 0 Å². The van der Waals surface area contributed by atoms with E-state index in [1.54, 1.807) is 6.07 Å². The quantitative estimate of drug-likeness (QED) is 0.633. The number of carbonyl (C=O) groups excluding carboxylic acids is 1. The summed E-state index contributed by atoms with van der Waals surface area (Å²) in [5.74, 6) is 1.41. The number of ketones is 1. The monoisotopic (exact) mass is 399 g/mol. The Bertz CT molecular complexity index is 867. The molecule has 1 spiro atoms. The molecule has 3 fully saturated rings. The van der Waals surface area contributed by atoms with Crippen molar-refractivity contribution in [3.05, 3.63) is 23.3 Å². The average molecular weight is 399 g/mol. The molecular weight excluding hydrogens is 370 g/mol. The zero-order chi connectivity index (χ0) is 19.8. The molecule has 6 nitrogen and oxygen atoms in total. The summed E-state index contributed by atoms with van der Waals surface area (Å²) in [6.07, 6.45) is 5.62. The van der Waals surface area contributed by atoms with Gasteiger partial charge in [-0.25, -0.2) is 0 Å². The number of aliphatic hydroxyl groups is 1. The maximum atomic E-state index is 13.7. The van der Waals surface area contributed by atoms with Gasteiger partial charge in [-0.1, -0.05) is 18.9 Å². The maximum absolute atomic E-state index is 13.7. The lowest BCUT2D eigenvalue weighted by molar-refractivity contribution is -0.199. The molecule has 2 saturated carbocycles. The van der Waals surface area contributed by atoms with Crippen LogP contribution in [0, 0.1) is 11.8 Å². The Balaban J connectivity index is 1.53. The molecule has 3 N–H and O–H groups in total. The van der Waals surface area contributed by atoms with E-state index in [4.69, 9.17) is 9.47 Å². The van der Waals surface area contributed by atoms with Crippen molar-refractivity contribution in [2.75, 3.05) is 19.8 Å². The van der Waals surface area contributed by atoms with Crippen molar-refractivity contribution in [3.63, 3.8) is 0 Å². The smallest absolute Gasteiger partial charge is 0.177 e. The number of hydrogen-bond donors (Lipinski definition) is 3. The molecule has 5 atom stereocenters. The molecule has 6 rings (SSSR count). The van der Waals surface area contributed by atoms with Crippen LogP contribution >= 0.6 is 0 Å². The molecule has 1 saturated heterocycles. The van der Waals surface area contributed by atoms with Crippen molar-refractivity contribution in [2.45, 2.75) is 68.1 Å². The second-order valence-corrected chi connectivity index (χ2v) is 9.68. The van der Waals surface area contributed by atoms with Crippen LogP contribution in [0.5, 0.6) is 11.5 Å². The van der Waals surface area contributed by atoms with Gasteiger partial charge in [-0.2, -0.15) is 0 Å². The number of rotatable bonds is 6. The van der Waals surface area contributed by atoms with Crippen molar-refractivity contribution in [3.8, 4) is 11.5 Å². The number of piperidine rings is 1.